The Balaban J connectivity index is 1.52. The normalized spacial score (nSPS) is 17.6. The molecule has 2 heterocycles. The predicted molar refractivity (Wildman–Crippen MR) is 110 cm³/mol. The number of nitrogens with zero attached hydrogens (tertiary/aromatic N) is 3. The molecule has 1 unspecified atom stereocenters. The molecule has 1 saturated heterocycles. The summed E-state index contributed by atoms with van der Waals surface area (Å²) in [7, 11) is 0. The fraction of sp³-hybridized carbons (Fsp3) is 0.304. The minimum absolute atomic E-state index is 0.0223. The van der Waals surface area contributed by atoms with Crippen molar-refractivity contribution in [3.05, 3.63) is 70.9 Å². The average molecular weight is 372 g/mol. The number of nitriles is 1. The number of amides is 1. The van der Waals surface area contributed by atoms with E-state index in [1.165, 1.54) is 11.1 Å². The number of H-pyrrole nitrogens is 1. The lowest BCUT2D eigenvalue weighted by atomic mass is 10.1. The second kappa shape index (κ2) is 7.49. The van der Waals surface area contributed by atoms with E-state index >= 15 is 0 Å². The zero-order valence-electron chi connectivity index (χ0n) is 16.3. The quantitative estimate of drug-likeness (QED) is 0.763. The van der Waals surface area contributed by atoms with Crippen LogP contribution in [0.3, 0.4) is 0 Å². The van der Waals surface area contributed by atoms with Gasteiger partial charge in [0.25, 0.3) is 5.91 Å². The smallest absolute Gasteiger partial charge is 0.270 e. The van der Waals surface area contributed by atoms with Crippen molar-refractivity contribution in [2.75, 3.05) is 19.6 Å². The molecule has 1 aliphatic heterocycles. The van der Waals surface area contributed by atoms with Gasteiger partial charge < -0.3 is 9.88 Å². The Hall–Kier alpha value is -3.10. The van der Waals surface area contributed by atoms with Crippen LogP contribution in [-0.2, 0) is 6.54 Å². The molecule has 0 radical (unpaired) electrons. The Labute approximate surface area is 165 Å². The summed E-state index contributed by atoms with van der Waals surface area (Å²) in [5, 5.41) is 10.8. The summed E-state index contributed by atoms with van der Waals surface area (Å²) < 4.78 is 0. The predicted octanol–water partition coefficient (Wildman–Crippen LogP) is 3.63. The van der Waals surface area contributed by atoms with Crippen molar-refractivity contribution in [2.24, 2.45) is 0 Å². The maximum Gasteiger partial charge on any atom is 0.270 e. The fourth-order valence-corrected chi connectivity index (χ4v) is 3.95. The van der Waals surface area contributed by atoms with E-state index in [9.17, 15) is 10.1 Å². The van der Waals surface area contributed by atoms with Crippen LogP contribution in [0.5, 0.6) is 0 Å². The highest BCUT2D eigenvalue weighted by atomic mass is 16.2. The molecule has 0 saturated carbocycles. The Kier molecular flexibility index (Phi) is 4.89. The van der Waals surface area contributed by atoms with Crippen molar-refractivity contribution < 1.29 is 4.79 Å². The second-order valence-electron chi connectivity index (χ2n) is 7.53. The summed E-state index contributed by atoms with van der Waals surface area (Å²) in [4.78, 5) is 20.4. The van der Waals surface area contributed by atoms with Crippen LogP contribution >= 0.6 is 0 Å². The third-order valence-corrected chi connectivity index (χ3v) is 5.58. The minimum Gasteiger partial charge on any atom is -0.350 e. The fourth-order valence-electron chi connectivity index (χ4n) is 3.95. The number of rotatable bonds is 3. The van der Waals surface area contributed by atoms with E-state index in [1.807, 2.05) is 37.3 Å². The van der Waals surface area contributed by atoms with E-state index in [1.54, 1.807) is 4.90 Å². The number of aryl methyl sites for hydroxylation is 2. The molecule has 3 aromatic rings. The van der Waals surface area contributed by atoms with Gasteiger partial charge in [-0.25, -0.2) is 0 Å². The third kappa shape index (κ3) is 3.39. The van der Waals surface area contributed by atoms with Crippen LogP contribution in [-0.4, -0.2) is 46.4 Å². The van der Waals surface area contributed by atoms with Crippen molar-refractivity contribution in [1.82, 2.24) is 14.8 Å². The first-order chi connectivity index (χ1) is 13.6. The SMILES string of the molecule is Cc1ccc2[nH]c(C(=O)N3CCN(Cc4ccccc4)C(C#N)C3)c(C)c2c1. The highest BCUT2D eigenvalue weighted by Gasteiger charge is 2.31. The molecule has 2 aromatic carbocycles. The van der Waals surface area contributed by atoms with Gasteiger partial charge in [-0.3, -0.25) is 9.69 Å². The molecular formula is C23H24N4O. The van der Waals surface area contributed by atoms with Gasteiger partial charge in [-0.1, -0.05) is 42.0 Å². The van der Waals surface area contributed by atoms with Gasteiger partial charge >= 0.3 is 0 Å². The van der Waals surface area contributed by atoms with Crippen molar-refractivity contribution in [2.45, 2.75) is 26.4 Å². The lowest BCUT2D eigenvalue weighted by Crippen LogP contribution is -2.53. The van der Waals surface area contributed by atoms with Crippen molar-refractivity contribution in [1.29, 1.82) is 5.26 Å². The monoisotopic (exact) mass is 372 g/mol. The number of hydrogen-bond donors (Lipinski definition) is 1. The van der Waals surface area contributed by atoms with Gasteiger partial charge in [0.05, 0.1) is 12.6 Å². The number of benzene rings is 2. The summed E-state index contributed by atoms with van der Waals surface area (Å²) >= 11 is 0. The third-order valence-electron chi connectivity index (χ3n) is 5.58. The molecule has 1 N–H and O–H groups in total. The Morgan fingerprint density at radius 3 is 2.71 bits per heavy atom. The first kappa shape index (κ1) is 18.3. The van der Waals surface area contributed by atoms with Crippen molar-refractivity contribution in [3.8, 4) is 6.07 Å². The number of carbonyl (C=O) groups excluding carboxylic acids is 1. The van der Waals surface area contributed by atoms with Crippen LogP contribution in [0.15, 0.2) is 48.5 Å². The van der Waals surface area contributed by atoms with Crippen LogP contribution in [0.2, 0.25) is 0 Å². The number of fused-ring (bicyclic) bond motifs is 1. The molecule has 0 bridgehead atoms. The van der Waals surface area contributed by atoms with Gasteiger partial charge in [0.15, 0.2) is 0 Å². The van der Waals surface area contributed by atoms with Crippen LogP contribution < -0.4 is 0 Å². The molecule has 1 atom stereocenters. The molecule has 5 heteroatoms. The second-order valence-corrected chi connectivity index (χ2v) is 7.53. The molecule has 28 heavy (non-hydrogen) atoms. The number of nitrogens with one attached hydrogen (secondary N) is 1. The molecule has 142 valence electrons. The van der Waals surface area contributed by atoms with E-state index in [-0.39, 0.29) is 11.9 Å². The first-order valence-corrected chi connectivity index (χ1v) is 9.62. The largest absolute Gasteiger partial charge is 0.350 e. The van der Waals surface area contributed by atoms with Crippen LogP contribution in [0.25, 0.3) is 10.9 Å². The lowest BCUT2D eigenvalue weighted by Gasteiger charge is -2.38. The molecule has 1 aliphatic rings. The molecule has 0 aliphatic carbocycles. The zero-order chi connectivity index (χ0) is 19.7. The molecule has 1 amide bonds. The van der Waals surface area contributed by atoms with Gasteiger partial charge in [-0.15, -0.1) is 0 Å². The van der Waals surface area contributed by atoms with Crippen LogP contribution in [0, 0.1) is 25.2 Å². The zero-order valence-corrected chi connectivity index (χ0v) is 16.3. The Bertz CT molecular complexity index is 1050. The molecular weight excluding hydrogens is 348 g/mol. The highest BCUT2D eigenvalue weighted by molar-refractivity contribution is 6.01. The average Bonchev–Trinajstić information content (AvgIpc) is 3.04. The maximum atomic E-state index is 13.2. The van der Waals surface area contributed by atoms with Gasteiger partial charge in [0, 0.05) is 30.5 Å². The van der Waals surface area contributed by atoms with Crippen molar-refractivity contribution in [3.63, 3.8) is 0 Å². The molecule has 0 spiro atoms. The summed E-state index contributed by atoms with van der Waals surface area (Å²) in [6.45, 7) is 6.51. The highest BCUT2D eigenvalue weighted by Crippen LogP contribution is 2.25. The Morgan fingerprint density at radius 2 is 1.96 bits per heavy atom. The van der Waals surface area contributed by atoms with Crippen LogP contribution in [0.4, 0.5) is 0 Å². The molecule has 5 nitrogen and oxygen atoms in total. The van der Waals surface area contributed by atoms with Gasteiger partial charge in [-0.05, 0) is 37.1 Å². The topological polar surface area (TPSA) is 63.1 Å². The summed E-state index contributed by atoms with van der Waals surface area (Å²) in [6.07, 6.45) is 0. The van der Waals surface area contributed by atoms with E-state index in [0.29, 0.717) is 25.3 Å². The van der Waals surface area contributed by atoms with Gasteiger partial charge in [-0.2, -0.15) is 5.26 Å². The molecule has 1 aromatic heterocycles. The summed E-state index contributed by atoms with van der Waals surface area (Å²) in [5.74, 6) is -0.0223. The lowest BCUT2D eigenvalue weighted by molar-refractivity contribution is 0.0547. The number of piperazine rings is 1. The Morgan fingerprint density at radius 1 is 1.18 bits per heavy atom. The molecule has 4 rings (SSSR count). The van der Waals surface area contributed by atoms with Crippen LogP contribution in [0.1, 0.15) is 27.2 Å². The maximum absolute atomic E-state index is 13.2. The first-order valence-electron chi connectivity index (χ1n) is 9.62. The van der Waals surface area contributed by atoms with Gasteiger partial charge in [0.2, 0.25) is 0 Å². The molecule has 1 fully saturated rings. The number of hydrogen-bond acceptors (Lipinski definition) is 3. The minimum atomic E-state index is -0.301. The number of aromatic nitrogens is 1. The standard InChI is InChI=1S/C23H24N4O/c1-16-8-9-21-20(12-16)17(2)22(25-21)23(28)27-11-10-26(19(13-24)15-27)14-18-6-4-3-5-7-18/h3-9,12,19,25H,10-11,14-15H2,1-2H3. The summed E-state index contributed by atoms with van der Waals surface area (Å²) in [5.41, 5.74) is 4.95. The van der Waals surface area contributed by atoms with E-state index in [0.717, 1.165) is 23.0 Å². The van der Waals surface area contributed by atoms with Crippen molar-refractivity contribution >= 4 is 16.8 Å². The van der Waals surface area contributed by atoms with E-state index < -0.39 is 0 Å². The number of aromatic amines is 1. The summed E-state index contributed by atoms with van der Waals surface area (Å²) in [6, 6.07) is 18.4. The van der Waals surface area contributed by atoms with E-state index in [2.05, 4.69) is 41.1 Å². The van der Waals surface area contributed by atoms with Gasteiger partial charge in [0.1, 0.15) is 11.7 Å². The number of carbonyl (C=O) groups is 1. The van der Waals surface area contributed by atoms with E-state index in [4.69, 9.17) is 0 Å².